The zero-order valence-corrected chi connectivity index (χ0v) is 13.7. The van der Waals surface area contributed by atoms with Crippen LogP contribution in [0.15, 0.2) is 41.5 Å². The third-order valence-corrected chi connectivity index (χ3v) is 2.89. The van der Waals surface area contributed by atoms with Crippen molar-refractivity contribution in [1.29, 1.82) is 0 Å². The molecule has 0 aliphatic rings. The molecule has 0 N–H and O–H groups in total. The molecular formula is C16H21Cl2N. The molecule has 0 radical (unpaired) electrons. The molecule has 0 aromatic carbocycles. The summed E-state index contributed by atoms with van der Waals surface area (Å²) in [6, 6.07) is 3.77. The summed E-state index contributed by atoms with van der Waals surface area (Å²) in [6.45, 7) is 13.7. The van der Waals surface area contributed by atoms with Crippen molar-refractivity contribution in [3.8, 4) is 0 Å². The second-order valence-corrected chi connectivity index (χ2v) is 4.80. The van der Waals surface area contributed by atoms with E-state index in [2.05, 4.69) is 11.6 Å². The van der Waals surface area contributed by atoms with Crippen LogP contribution in [0.25, 0.3) is 5.57 Å². The zero-order chi connectivity index (χ0) is 15.0. The predicted octanol–water partition coefficient (Wildman–Crippen LogP) is 6.17. The highest BCUT2D eigenvalue weighted by Crippen LogP contribution is 2.22. The molecule has 0 amide bonds. The minimum atomic E-state index is 0.473. The van der Waals surface area contributed by atoms with Gasteiger partial charge in [-0.15, -0.1) is 0 Å². The molecule has 0 atom stereocenters. The van der Waals surface area contributed by atoms with Crippen molar-refractivity contribution in [1.82, 2.24) is 4.98 Å². The van der Waals surface area contributed by atoms with Crippen LogP contribution in [-0.4, -0.2) is 4.98 Å². The Bertz CT molecular complexity index is 475. The third kappa shape index (κ3) is 6.09. The number of hydrogen-bond acceptors (Lipinski definition) is 1. The standard InChI is InChI=1S/C14H15Cl2N.C2H6/c1-5-11(8-12(15)9(2)3)13-6-10(4)7-14(16)17-13;1-2/h5-8H,1H2,2-4H3;1-2H3/b11-8+;. The topological polar surface area (TPSA) is 12.9 Å². The van der Waals surface area contributed by atoms with E-state index < -0.39 is 0 Å². The summed E-state index contributed by atoms with van der Waals surface area (Å²) in [6.07, 6.45) is 3.57. The van der Waals surface area contributed by atoms with Crippen molar-refractivity contribution >= 4 is 28.8 Å². The summed E-state index contributed by atoms with van der Waals surface area (Å²) in [7, 11) is 0. The van der Waals surface area contributed by atoms with Gasteiger partial charge in [-0.05, 0) is 44.5 Å². The first-order chi connectivity index (χ1) is 8.93. The van der Waals surface area contributed by atoms with E-state index in [1.165, 1.54) is 0 Å². The molecule has 1 nitrogen and oxygen atoms in total. The van der Waals surface area contributed by atoms with Crippen LogP contribution in [0.2, 0.25) is 5.15 Å². The Hall–Kier alpha value is -1.05. The van der Waals surface area contributed by atoms with Gasteiger partial charge in [0.25, 0.3) is 0 Å². The SMILES string of the molecule is C=C/C(=C\C(Cl)=C(C)C)c1cc(C)cc(Cl)n1.CC. The maximum Gasteiger partial charge on any atom is 0.130 e. The molecule has 0 fully saturated rings. The largest absolute Gasteiger partial charge is 0.236 e. The lowest BCUT2D eigenvalue weighted by molar-refractivity contribution is 1.24. The molecule has 19 heavy (non-hydrogen) atoms. The van der Waals surface area contributed by atoms with Crippen LogP contribution in [0.3, 0.4) is 0 Å². The van der Waals surface area contributed by atoms with Gasteiger partial charge in [-0.3, -0.25) is 0 Å². The van der Waals surface area contributed by atoms with E-state index in [1.807, 2.05) is 52.8 Å². The number of aromatic nitrogens is 1. The van der Waals surface area contributed by atoms with Gasteiger partial charge in [-0.25, -0.2) is 4.98 Å². The minimum absolute atomic E-state index is 0.473. The molecule has 1 aromatic heterocycles. The number of nitrogens with zero attached hydrogens (tertiary/aromatic N) is 1. The van der Waals surface area contributed by atoms with Crippen molar-refractivity contribution < 1.29 is 0 Å². The van der Waals surface area contributed by atoms with Crippen LogP contribution in [-0.2, 0) is 0 Å². The summed E-state index contributed by atoms with van der Waals surface area (Å²) in [5.41, 5.74) is 3.75. The van der Waals surface area contributed by atoms with E-state index in [-0.39, 0.29) is 0 Å². The van der Waals surface area contributed by atoms with E-state index in [1.54, 1.807) is 6.08 Å². The fraction of sp³-hybridized carbons (Fsp3) is 0.312. The monoisotopic (exact) mass is 297 g/mol. The van der Waals surface area contributed by atoms with Crippen LogP contribution in [0.4, 0.5) is 0 Å². The number of hydrogen-bond donors (Lipinski definition) is 0. The number of aryl methyl sites for hydroxylation is 1. The van der Waals surface area contributed by atoms with E-state index in [9.17, 15) is 0 Å². The quantitative estimate of drug-likeness (QED) is 0.480. The molecule has 3 heteroatoms. The lowest BCUT2D eigenvalue weighted by Crippen LogP contribution is -1.90. The van der Waals surface area contributed by atoms with Gasteiger partial charge >= 0.3 is 0 Å². The van der Waals surface area contributed by atoms with Crippen LogP contribution in [0.1, 0.15) is 39.0 Å². The number of pyridine rings is 1. The molecule has 0 unspecified atom stereocenters. The van der Waals surface area contributed by atoms with Crippen molar-refractivity contribution in [2.45, 2.75) is 34.6 Å². The van der Waals surface area contributed by atoms with Gasteiger partial charge in [0.2, 0.25) is 0 Å². The Morgan fingerprint density at radius 3 is 2.26 bits per heavy atom. The van der Waals surface area contributed by atoms with Crippen LogP contribution in [0.5, 0.6) is 0 Å². The van der Waals surface area contributed by atoms with E-state index >= 15 is 0 Å². The number of rotatable bonds is 3. The van der Waals surface area contributed by atoms with E-state index in [0.717, 1.165) is 22.4 Å². The molecule has 0 aliphatic heterocycles. The summed E-state index contributed by atoms with van der Waals surface area (Å²) in [5, 5.41) is 1.17. The maximum absolute atomic E-state index is 6.11. The Kier molecular flexibility index (Phi) is 8.46. The lowest BCUT2D eigenvalue weighted by atomic mass is 10.1. The predicted molar refractivity (Wildman–Crippen MR) is 87.7 cm³/mol. The van der Waals surface area contributed by atoms with E-state index in [0.29, 0.717) is 10.2 Å². The summed E-state index contributed by atoms with van der Waals surface area (Å²) in [4.78, 5) is 4.26. The molecule has 0 spiro atoms. The van der Waals surface area contributed by atoms with E-state index in [4.69, 9.17) is 23.2 Å². The first-order valence-electron chi connectivity index (χ1n) is 6.25. The van der Waals surface area contributed by atoms with Crippen LogP contribution < -0.4 is 0 Å². The first kappa shape index (κ1) is 17.9. The zero-order valence-electron chi connectivity index (χ0n) is 12.2. The van der Waals surface area contributed by atoms with Gasteiger partial charge in [0.05, 0.1) is 5.69 Å². The highest BCUT2D eigenvalue weighted by Gasteiger charge is 2.03. The normalized spacial score (nSPS) is 10.4. The Balaban J connectivity index is 0.00000154. The molecule has 0 saturated carbocycles. The van der Waals surface area contributed by atoms with Crippen molar-refractivity contribution in [3.63, 3.8) is 0 Å². The number of halogens is 2. The molecule has 1 rings (SSSR count). The summed E-state index contributed by atoms with van der Waals surface area (Å²) < 4.78 is 0. The summed E-state index contributed by atoms with van der Waals surface area (Å²) >= 11 is 12.0. The smallest absolute Gasteiger partial charge is 0.130 e. The van der Waals surface area contributed by atoms with Gasteiger partial charge < -0.3 is 0 Å². The van der Waals surface area contributed by atoms with Gasteiger partial charge in [-0.2, -0.15) is 0 Å². The fourth-order valence-corrected chi connectivity index (χ4v) is 1.67. The molecule has 0 aliphatic carbocycles. The molecule has 1 aromatic rings. The van der Waals surface area contributed by atoms with Gasteiger partial charge in [0.1, 0.15) is 5.15 Å². The molecule has 0 bridgehead atoms. The maximum atomic E-state index is 6.11. The van der Waals surface area contributed by atoms with Crippen molar-refractivity contribution in [2.75, 3.05) is 0 Å². The first-order valence-corrected chi connectivity index (χ1v) is 7.01. The summed E-state index contributed by atoms with van der Waals surface area (Å²) in [5.74, 6) is 0. The third-order valence-electron chi connectivity index (χ3n) is 2.21. The van der Waals surface area contributed by atoms with Crippen LogP contribution >= 0.6 is 23.2 Å². The van der Waals surface area contributed by atoms with Crippen molar-refractivity contribution in [2.24, 2.45) is 0 Å². The highest BCUT2D eigenvalue weighted by atomic mass is 35.5. The average Bonchev–Trinajstić information content (AvgIpc) is 2.36. The minimum Gasteiger partial charge on any atom is -0.236 e. The van der Waals surface area contributed by atoms with Crippen molar-refractivity contribution in [3.05, 3.63) is 57.9 Å². The van der Waals surface area contributed by atoms with Crippen LogP contribution in [0, 0.1) is 6.92 Å². The molecular weight excluding hydrogens is 277 g/mol. The average molecular weight is 298 g/mol. The molecule has 1 heterocycles. The Morgan fingerprint density at radius 2 is 1.84 bits per heavy atom. The van der Waals surface area contributed by atoms with Gasteiger partial charge in [-0.1, -0.05) is 55.3 Å². The molecule has 104 valence electrons. The number of allylic oxidation sites excluding steroid dienone is 5. The second-order valence-electron chi connectivity index (χ2n) is 4.00. The Labute approximate surface area is 126 Å². The Morgan fingerprint density at radius 1 is 1.26 bits per heavy atom. The highest BCUT2D eigenvalue weighted by molar-refractivity contribution is 6.32. The lowest BCUT2D eigenvalue weighted by Gasteiger charge is -2.04. The van der Waals surface area contributed by atoms with Gasteiger partial charge in [0, 0.05) is 10.6 Å². The van der Waals surface area contributed by atoms with Gasteiger partial charge in [0.15, 0.2) is 0 Å². The second kappa shape index (κ2) is 8.95. The molecule has 0 saturated heterocycles. The fourth-order valence-electron chi connectivity index (χ4n) is 1.29.